The van der Waals surface area contributed by atoms with Gasteiger partial charge in [0.1, 0.15) is 5.82 Å². The third-order valence-electron chi connectivity index (χ3n) is 3.94. The number of amides is 1. The van der Waals surface area contributed by atoms with E-state index in [0.717, 1.165) is 16.7 Å². The van der Waals surface area contributed by atoms with Crippen molar-refractivity contribution < 1.29 is 9.90 Å². The van der Waals surface area contributed by atoms with Crippen molar-refractivity contribution in [3.8, 4) is 5.82 Å². The van der Waals surface area contributed by atoms with Crippen molar-refractivity contribution in [1.82, 2.24) is 19.9 Å². The van der Waals surface area contributed by atoms with Gasteiger partial charge in [0.05, 0.1) is 18.2 Å². The van der Waals surface area contributed by atoms with Crippen LogP contribution in [0, 0.1) is 6.92 Å². The Hall–Kier alpha value is -3.19. The largest absolute Gasteiger partial charge is 0.394 e. The zero-order valence-electron chi connectivity index (χ0n) is 15.8. The molecule has 2 rings (SSSR count). The Balaban J connectivity index is 2.15. The summed E-state index contributed by atoms with van der Waals surface area (Å²) in [6.45, 7) is 9.20. The van der Waals surface area contributed by atoms with Gasteiger partial charge in [-0.05, 0) is 32.4 Å². The Morgan fingerprint density at radius 2 is 2.22 bits per heavy atom. The number of nitrogens with zero attached hydrogens (tertiary/aromatic N) is 3. The van der Waals surface area contributed by atoms with Gasteiger partial charge in [-0.15, -0.1) is 0 Å². The Bertz CT molecular complexity index is 896. The van der Waals surface area contributed by atoms with Gasteiger partial charge in [-0.3, -0.25) is 4.79 Å². The number of anilines is 1. The molecule has 142 valence electrons. The molecule has 0 unspecified atom stereocenters. The summed E-state index contributed by atoms with van der Waals surface area (Å²) >= 11 is 0. The number of aliphatic hydroxyl groups excluding tert-OH is 1. The van der Waals surface area contributed by atoms with E-state index in [0.29, 0.717) is 11.4 Å². The number of nitrogens with two attached hydrogens (primary N) is 1. The van der Waals surface area contributed by atoms with Gasteiger partial charge >= 0.3 is 0 Å². The second-order valence-corrected chi connectivity index (χ2v) is 6.37. The van der Waals surface area contributed by atoms with Gasteiger partial charge in [0, 0.05) is 24.2 Å². The molecular weight excluding hydrogens is 342 g/mol. The monoisotopic (exact) mass is 367 g/mol. The molecule has 0 fully saturated rings. The molecule has 7 nitrogen and oxygen atoms in total. The number of nitrogens with one attached hydrogen (secondary N) is 1. The highest BCUT2D eigenvalue weighted by atomic mass is 16.3. The average molecular weight is 367 g/mol. The van der Waals surface area contributed by atoms with E-state index in [1.165, 1.54) is 0 Å². The van der Waals surface area contributed by atoms with Gasteiger partial charge in [0.15, 0.2) is 0 Å². The molecule has 1 atom stereocenters. The highest BCUT2D eigenvalue weighted by molar-refractivity contribution is 5.94. The zero-order chi connectivity index (χ0) is 20.0. The normalized spacial score (nSPS) is 13.0. The molecule has 2 aromatic heterocycles. The maximum atomic E-state index is 12.5. The van der Waals surface area contributed by atoms with E-state index in [9.17, 15) is 9.90 Å². The number of aliphatic hydroxyl groups is 1. The fourth-order valence-corrected chi connectivity index (χ4v) is 2.40. The van der Waals surface area contributed by atoms with E-state index in [1.54, 1.807) is 29.2 Å². The Morgan fingerprint density at radius 3 is 2.89 bits per heavy atom. The molecule has 1 amide bonds. The van der Waals surface area contributed by atoms with Crippen LogP contribution in [0.25, 0.3) is 5.82 Å². The van der Waals surface area contributed by atoms with Crippen molar-refractivity contribution >= 4 is 11.9 Å². The van der Waals surface area contributed by atoms with E-state index < -0.39 is 6.04 Å². The fourth-order valence-electron chi connectivity index (χ4n) is 2.40. The van der Waals surface area contributed by atoms with Crippen LogP contribution in [0.2, 0.25) is 0 Å². The minimum absolute atomic E-state index is 0.166. The summed E-state index contributed by atoms with van der Waals surface area (Å²) in [6.07, 6.45) is 10.6. The average Bonchev–Trinajstić information content (AvgIpc) is 3.11. The number of rotatable bonds is 7. The molecule has 0 aliphatic heterocycles. The minimum atomic E-state index is -0.480. The number of aryl methyl sites for hydroxylation is 1. The lowest BCUT2D eigenvalue weighted by Gasteiger charge is -2.16. The van der Waals surface area contributed by atoms with Crippen LogP contribution >= 0.6 is 0 Å². The number of carbonyl (C=O) groups is 1. The first-order valence-electron chi connectivity index (χ1n) is 8.51. The Labute approximate surface area is 159 Å². The predicted molar refractivity (Wildman–Crippen MR) is 107 cm³/mol. The first-order valence-corrected chi connectivity index (χ1v) is 8.51. The molecule has 0 aliphatic rings. The molecule has 0 spiro atoms. The molecule has 2 heterocycles. The fraction of sp³-hybridized carbons (Fsp3) is 0.250. The highest BCUT2D eigenvalue weighted by Gasteiger charge is 2.16. The molecule has 27 heavy (non-hydrogen) atoms. The number of aromatic nitrogens is 3. The third kappa shape index (κ3) is 5.39. The second-order valence-electron chi connectivity index (χ2n) is 6.37. The predicted octanol–water partition coefficient (Wildman–Crippen LogP) is 2.33. The number of allylic oxidation sites excluding steroid dienone is 4. The molecule has 0 aromatic carbocycles. The molecule has 0 saturated carbocycles. The van der Waals surface area contributed by atoms with Gasteiger partial charge in [0.2, 0.25) is 5.95 Å². The summed E-state index contributed by atoms with van der Waals surface area (Å²) in [5, 5.41) is 12.4. The number of carbonyl (C=O) groups excluding carboxylic acids is 1. The maximum Gasteiger partial charge on any atom is 0.253 e. The summed E-state index contributed by atoms with van der Waals surface area (Å²) in [5.74, 6) is 0.490. The van der Waals surface area contributed by atoms with Gasteiger partial charge in [-0.2, -0.15) is 4.98 Å². The van der Waals surface area contributed by atoms with Crippen LogP contribution in [-0.2, 0) is 0 Å². The number of nitrogen functional groups attached to an aromatic ring is 1. The van der Waals surface area contributed by atoms with Crippen LogP contribution < -0.4 is 11.1 Å². The lowest BCUT2D eigenvalue weighted by molar-refractivity contribution is 0.0926. The van der Waals surface area contributed by atoms with Crippen LogP contribution in [0.15, 0.2) is 60.6 Å². The smallest absolute Gasteiger partial charge is 0.253 e. The van der Waals surface area contributed by atoms with E-state index >= 15 is 0 Å². The van der Waals surface area contributed by atoms with Gasteiger partial charge in [-0.25, -0.2) is 4.98 Å². The molecule has 0 saturated heterocycles. The van der Waals surface area contributed by atoms with Gasteiger partial charge in [0.25, 0.3) is 5.91 Å². The zero-order valence-corrected chi connectivity index (χ0v) is 15.8. The van der Waals surface area contributed by atoms with E-state index in [4.69, 9.17) is 5.73 Å². The van der Waals surface area contributed by atoms with E-state index in [1.807, 2.05) is 39.0 Å². The standard InChI is InChI=1S/C20H25N5O2/c1-13(2)6-5-7-14(3)17(12-26)23-19(27)16-8-9-25(11-16)18-15(4)10-22-20(21)24-18/h5-11,17,26H,1,12H2,2-4H3,(H,23,27)(H2,21,22,24)/b6-5-,14-7+/t17-/m1/s1. The molecule has 4 N–H and O–H groups in total. The summed E-state index contributed by atoms with van der Waals surface area (Å²) in [6, 6.07) is 1.20. The first-order chi connectivity index (χ1) is 12.8. The summed E-state index contributed by atoms with van der Waals surface area (Å²) in [7, 11) is 0. The van der Waals surface area contributed by atoms with Crippen molar-refractivity contribution in [2.75, 3.05) is 12.3 Å². The van der Waals surface area contributed by atoms with Crippen LogP contribution in [-0.4, -0.2) is 38.2 Å². The van der Waals surface area contributed by atoms with Crippen LogP contribution in [0.4, 0.5) is 5.95 Å². The van der Waals surface area contributed by atoms with Gasteiger partial charge in [-0.1, -0.05) is 30.4 Å². The summed E-state index contributed by atoms with van der Waals surface area (Å²) in [4.78, 5) is 20.7. The molecule has 0 bridgehead atoms. The summed E-state index contributed by atoms with van der Waals surface area (Å²) in [5.41, 5.74) is 8.69. The summed E-state index contributed by atoms with van der Waals surface area (Å²) < 4.78 is 1.72. The third-order valence-corrected chi connectivity index (χ3v) is 3.94. The quantitative estimate of drug-likeness (QED) is 0.651. The first kappa shape index (κ1) is 20.1. The molecule has 0 radical (unpaired) electrons. The van der Waals surface area contributed by atoms with Crippen molar-refractivity contribution in [3.05, 3.63) is 71.7 Å². The molecular formula is C20H25N5O2. The molecule has 2 aromatic rings. The number of hydrogen-bond donors (Lipinski definition) is 3. The Kier molecular flexibility index (Phi) is 6.67. The SMILES string of the molecule is C=C(C)/C=C\C=C(/C)[C@@H](CO)NC(=O)c1ccn(-c2nc(N)ncc2C)c1. The van der Waals surface area contributed by atoms with Crippen LogP contribution in [0.3, 0.4) is 0 Å². The topological polar surface area (TPSA) is 106 Å². The van der Waals surface area contributed by atoms with Crippen molar-refractivity contribution in [1.29, 1.82) is 0 Å². The van der Waals surface area contributed by atoms with Crippen molar-refractivity contribution in [3.63, 3.8) is 0 Å². The van der Waals surface area contributed by atoms with Crippen LogP contribution in [0.5, 0.6) is 0 Å². The second kappa shape index (κ2) is 8.95. The molecule has 0 aliphatic carbocycles. The number of hydrogen-bond acceptors (Lipinski definition) is 5. The van der Waals surface area contributed by atoms with E-state index in [-0.39, 0.29) is 18.5 Å². The Morgan fingerprint density at radius 1 is 1.48 bits per heavy atom. The van der Waals surface area contributed by atoms with Crippen molar-refractivity contribution in [2.45, 2.75) is 26.8 Å². The van der Waals surface area contributed by atoms with Crippen LogP contribution in [0.1, 0.15) is 29.8 Å². The maximum absolute atomic E-state index is 12.5. The highest BCUT2D eigenvalue weighted by Crippen LogP contribution is 2.14. The lowest BCUT2D eigenvalue weighted by Crippen LogP contribution is -2.38. The van der Waals surface area contributed by atoms with Crippen molar-refractivity contribution in [2.24, 2.45) is 0 Å². The lowest BCUT2D eigenvalue weighted by atomic mass is 10.1. The van der Waals surface area contributed by atoms with Gasteiger partial charge < -0.3 is 20.7 Å². The molecule has 7 heteroatoms. The minimum Gasteiger partial charge on any atom is -0.394 e. The van der Waals surface area contributed by atoms with E-state index in [2.05, 4.69) is 21.9 Å².